The summed E-state index contributed by atoms with van der Waals surface area (Å²) in [5.41, 5.74) is 1.49. The van der Waals surface area contributed by atoms with Crippen molar-refractivity contribution < 1.29 is 17.9 Å². The van der Waals surface area contributed by atoms with E-state index in [4.69, 9.17) is 4.74 Å². The highest BCUT2D eigenvalue weighted by atomic mass is 32.2. The first-order valence-electron chi connectivity index (χ1n) is 9.11. The molecule has 0 aliphatic rings. The summed E-state index contributed by atoms with van der Waals surface area (Å²) >= 11 is 0. The number of sulfonamides is 1. The molecule has 0 aliphatic carbocycles. The summed E-state index contributed by atoms with van der Waals surface area (Å²) in [6.45, 7) is 7.88. The van der Waals surface area contributed by atoms with E-state index >= 15 is 0 Å². The minimum atomic E-state index is -3.67. The first kappa shape index (κ1) is 21.9. The molecule has 152 valence electrons. The molecule has 2 N–H and O–H groups in total. The van der Waals surface area contributed by atoms with Gasteiger partial charge in [-0.1, -0.05) is 68.8 Å². The summed E-state index contributed by atoms with van der Waals surface area (Å²) in [5.74, 6) is 0. The lowest BCUT2D eigenvalue weighted by Crippen LogP contribution is -2.50. The number of hydrogen-bond donors (Lipinski definition) is 2. The number of benzene rings is 2. The molecule has 2 aromatic rings. The second-order valence-electron chi connectivity index (χ2n) is 7.79. The van der Waals surface area contributed by atoms with Gasteiger partial charge in [-0.25, -0.2) is 17.9 Å². The molecule has 0 bridgehead atoms. The second-order valence-corrected chi connectivity index (χ2v) is 9.56. The van der Waals surface area contributed by atoms with Crippen LogP contribution < -0.4 is 10.0 Å². The van der Waals surface area contributed by atoms with Gasteiger partial charge in [-0.15, -0.1) is 0 Å². The van der Waals surface area contributed by atoms with E-state index in [1.54, 1.807) is 24.3 Å². The summed E-state index contributed by atoms with van der Waals surface area (Å²) in [4.78, 5) is 12.4. The van der Waals surface area contributed by atoms with E-state index < -0.39 is 22.2 Å². The number of amides is 1. The lowest BCUT2D eigenvalue weighted by molar-refractivity contribution is 0.126. The van der Waals surface area contributed by atoms with Crippen molar-refractivity contribution in [3.05, 3.63) is 65.7 Å². The van der Waals surface area contributed by atoms with E-state index in [1.165, 1.54) is 0 Å². The normalized spacial score (nSPS) is 13.0. The van der Waals surface area contributed by atoms with Crippen LogP contribution in [0.3, 0.4) is 0 Å². The van der Waals surface area contributed by atoms with Crippen LogP contribution in [0.25, 0.3) is 0 Å². The highest BCUT2D eigenvalue weighted by molar-refractivity contribution is 7.89. The monoisotopic (exact) mass is 404 g/mol. The van der Waals surface area contributed by atoms with Gasteiger partial charge in [0.25, 0.3) is 0 Å². The first-order valence-corrected chi connectivity index (χ1v) is 10.6. The van der Waals surface area contributed by atoms with Crippen LogP contribution in [0.5, 0.6) is 0 Å². The van der Waals surface area contributed by atoms with Gasteiger partial charge in [0, 0.05) is 6.54 Å². The van der Waals surface area contributed by atoms with Crippen LogP contribution in [-0.4, -0.2) is 27.1 Å². The highest BCUT2D eigenvalue weighted by Crippen LogP contribution is 2.20. The molecule has 0 radical (unpaired) electrons. The molecular weight excluding hydrogens is 376 g/mol. The molecule has 1 amide bonds. The molecule has 0 unspecified atom stereocenters. The summed E-state index contributed by atoms with van der Waals surface area (Å²) < 4.78 is 32.9. The van der Waals surface area contributed by atoms with Gasteiger partial charge < -0.3 is 10.1 Å². The smallest absolute Gasteiger partial charge is 0.407 e. The van der Waals surface area contributed by atoms with E-state index in [9.17, 15) is 13.2 Å². The zero-order chi connectivity index (χ0) is 20.8. The van der Waals surface area contributed by atoms with Crippen molar-refractivity contribution in [3.8, 4) is 0 Å². The SMILES string of the molecule is Cc1ccc(S(=O)(=O)NC[C@@H](NC(=O)OCc2ccccc2)C(C)(C)C)cc1. The molecule has 2 rings (SSSR count). The van der Waals surface area contributed by atoms with Crippen molar-refractivity contribution in [2.75, 3.05) is 6.54 Å². The molecule has 0 fully saturated rings. The molecule has 28 heavy (non-hydrogen) atoms. The fourth-order valence-electron chi connectivity index (χ4n) is 2.47. The first-order chi connectivity index (χ1) is 13.1. The average Bonchev–Trinajstić information content (AvgIpc) is 2.63. The lowest BCUT2D eigenvalue weighted by atomic mass is 9.87. The van der Waals surface area contributed by atoms with Gasteiger partial charge in [0.15, 0.2) is 0 Å². The summed E-state index contributed by atoms with van der Waals surface area (Å²) in [7, 11) is -3.67. The van der Waals surface area contributed by atoms with E-state index in [1.807, 2.05) is 58.0 Å². The van der Waals surface area contributed by atoms with Crippen LogP contribution in [0.15, 0.2) is 59.5 Å². The third-order valence-corrected chi connectivity index (χ3v) is 5.80. The Balaban J connectivity index is 1.97. The van der Waals surface area contributed by atoms with Crippen LogP contribution in [-0.2, 0) is 21.4 Å². The Kier molecular flexibility index (Phi) is 7.21. The number of nitrogens with one attached hydrogen (secondary N) is 2. The van der Waals surface area contributed by atoms with Crippen molar-refractivity contribution in [2.45, 2.75) is 45.2 Å². The largest absolute Gasteiger partial charge is 0.445 e. The molecule has 0 heterocycles. The second kappa shape index (κ2) is 9.21. The van der Waals surface area contributed by atoms with Gasteiger partial charge in [0.2, 0.25) is 10.0 Å². The Bertz CT molecular complexity index is 873. The molecule has 6 nitrogen and oxygen atoms in total. The van der Waals surface area contributed by atoms with Gasteiger partial charge in [-0.05, 0) is 30.0 Å². The number of carbonyl (C=O) groups excluding carboxylic acids is 1. The highest BCUT2D eigenvalue weighted by Gasteiger charge is 2.28. The van der Waals surface area contributed by atoms with Gasteiger partial charge >= 0.3 is 6.09 Å². The zero-order valence-corrected chi connectivity index (χ0v) is 17.5. The third kappa shape index (κ3) is 6.65. The molecule has 1 atom stereocenters. The fraction of sp³-hybridized carbons (Fsp3) is 0.381. The zero-order valence-electron chi connectivity index (χ0n) is 16.7. The molecule has 2 aromatic carbocycles. The molecule has 0 aromatic heterocycles. The summed E-state index contributed by atoms with van der Waals surface area (Å²) in [6, 6.07) is 15.5. The lowest BCUT2D eigenvalue weighted by Gasteiger charge is -2.31. The minimum Gasteiger partial charge on any atom is -0.445 e. The van der Waals surface area contributed by atoms with Crippen LogP contribution in [0.4, 0.5) is 4.79 Å². The summed E-state index contributed by atoms with van der Waals surface area (Å²) in [5, 5.41) is 2.77. The van der Waals surface area contributed by atoms with Crippen molar-refractivity contribution >= 4 is 16.1 Å². The Morgan fingerprint density at radius 3 is 2.21 bits per heavy atom. The maximum atomic E-state index is 12.5. The molecule has 0 saturated heterocycles. The topological polar surface area (TPSA) is 84.5 Å². The van der Waals surface area contributed by atoms with Crippen molar-refractivity contribution in [2.24, 2.45) is 5.41 Å². The van der Waals surface area contributed by atoms with Crippen LogP contribution in [0, 0.1) is 12.3 Å². The molecule has 0 aliphatic heterocycles. The van der Waals surface area contributed by atoms with Gasteiger partial charge in [-0.2, -0.15) is 0 Å². The number of ether oxygens (including phenoxy) is 1. The van der Waals surface area contributed by atoms with Crippen molar-refractivity contribution in [1.29, 1.82) is 0 Å². The fourth-order valence-corrected chi connectivity index (χ4v) is 3.52. The average molecular weight is 405 g/mol. The standard InChI is InChI=1S/C21H28N2O4S/c1-16-10-12-18(13-11-16)28(25,26)22-14-19(21(2,3)4)23-20(24)27-15-17-8-6-5-7-9-17/h5-13,19,22H,14-15H2,1-4H3,(H,23,24)/t19-/m1/s1. The van der Waals surface area contributed by atoms with Crippen molar-refractivity contribution in [3.63, 3.8) is 0 Å². The van der Waals surface area contributed by atoms with E-state index in [2.05, 4.69) is 10.0 Å². The molecule has 7 heteroatoms. The number of rotatable bonds is 7. The Labute approximate surface area is 167 Å². The number of carbonyl (C=O) groups is 1. The van der Waals surface area contributed by atoms with Crippen LogP contribution >= 0.6 is 0 Å². The minimum absolute atomic E-state index is 0.0557. The molecule has 0 saturated carbocycles. The van der Waals surface area contributed by atoms with E-state index in [-0.39, 0.29) is 23.5 Å². The third-order valence-electron chi connectivity index (χ3n) is 4.36. The summed E-state index contributed by atoms with van der Waals surface area (Å²) in [6.07, 6.45) is -0.585. The van der Waals surface area contributed by atoms with Gasteiger partial charge in [0.1, 0.15) is 6.61 Å². The maximum Gasteiger partial charge on any atom is 0.407 e. The quantitative estimate of drug-likeness (QED) is 0.738. The van der Waals surface area contributed by atoms with Crippen LogP contribution in [0.2, 0.25) is 0 Å². The molecular formula is C21H28N2O4S. The van der Waals surface area contributed by atoms with Gasteiger partial charge in [0.05, 0.1) is 10.9 Å². The maximum absolute atomic E-state index is 12.5. The number of aryl methyl sites for hydroxylation is 1. The van der Waals surface area contributed by atoms with Gasteiger partial charge in [-0.3, -0.25) is 0 Å². The molecule has 0 spiro atoms. The van der Waals surface area contributed by atoms with Crippen LogP contribution in [0.1, 0.15) is 31.9 Å². The number of alkyl carbamates (subject to hydrolysis) is 1. The van der Waals surface area contributed by atoms with Crippen molar-refractivity contribution in [1.82, 2.24) is 10.0 Å². The Morgan fingerprint density at radius 1 is 1.04 bits per heavy atom. The predicted octanol–water partition coefficient (Wildman–Crippen LogP) is 3.61. The van der Waals surface area contributed by atoms with E-state index in [0.29, 0.717) is 0 Å². The Morgan fingerprint density at radius 2 is 1.64 bits per heavy atom. The Hall–Kier alpha value is -2.38. The predicted molar refractivity (Wildman–Crippen MR) is 109 cm³/mol. The van der Waals surface area contributed by atoms with E-state index in [0.717, 1.165) is 11.1 Å². The number of hydrogen-bond acceptors (Lipinski definition) is 4.